The van der Waals surface area contributed by atoms with Gasteiger partial charge in [0.05, 0.1) is 56.5 Å². The highest BCUT2D eigenvalue weighted by molar-refractivity contribution is 7.99. The number of terminal acetylenes is 1. The van der Waals surface area contributed by atoms with E-state index in [9.17, 15) is 0 Å². The quantitative estimate of drug-likeness (QED) is 0.0626. The molecule has 0 amide bonds. The summed E-state index contributed by atoms with van der Waals surface area (Å²) < 4.78 is 17.1. The van der Waals surface area contributed by atoms with Crippen LogP contribution in [0.5, 0.6) is 23.0 Å². The zero-order valence-electron chi connectivity index (χ0n) is 89.9. The average molecular weight is 1940 g/mol. The predicted molar refractivity (Wildman–Crippen MR) is 633 cm³/mol. The fourth-order valence-corrected chi connectivity index (χ4v) is 21.9. The number of aryl methyl sites for hydroxylation is 16. The van der Waals surface area contributed by atoms with Crippen molar-refractivity contribution in [1.29, 1.82) is 0 Å². The zero-order valence-corrected chi connectivity index (χ0v) is 90.7. The second-order valence-corrected chi connectivity index (χ2v) is 43.3. The van der Waals surface area contributed by atoms with E-state index in [4.69, 9.17) is 15.9 Å². The van der Waals surface area contributed by atoms with Gasteiger partial charge in [0.2, 0.25) is 0 Å². The first-order valence-electron chi connectivity index (χ1n) is 52.9. The van der Waals surface area contributed by atoms with Crippen LogP contribution < -0.4 is 29.1 Å². The molecule has 4 aliphatic heterocycles. The Labute approximate surface area is 879 Å². The molecule has 0 spiro atoms. The van der Waals surface area contributed by atoms with Gasteiger partial charge in [-0.2, -0.15) is 0 Å². The minimum Gasteiger partial charge on any atom is -0.453 e. The zero-order chi connectivity index (χ0) is 103. The van der Waals surface area contributed by atoms with Gasteiger partial charge in [0.15, 0.2) is 23.0 Å². The summed E-state index contributed by atoms with van der Waals surface area (Å²) in [4.78, 5) is 11.7. The van der Waals surface area contributed by atoms with E-state index in [1.165, 1.54) is 252 Å². The van der Waals surface area contributed by atoms with Crippen LogP contribution in [0.4, 0.5) is 62.6 Å². The molecule has 8 nitrogen and oxygen atoms in total. The molecule has 9 heteroatoms. The lowest BCUT2D eigenvalue weighted by molar-refractivity contribution is 0.476. The van der Waals surface area contributed by atoms with Crippen LogP contribution in [-0.4, -0.2) is 9.13 Å². The Morgan fingerprint density at radius 3 is 1.02 bits per heavy atom. The van der Waals surface area contributed by atoms with E-state index in [1.54, 1.807) is 0 Å². The van der Waals surface area contributed by atoms with Crippen molar-refractivity contribution in [2.24, 2.45) is 0 Å². The molecule has 0 saturated carbocycles. The van der Waals surface area contributed by atoms with Crippen LogP contribution in [0.25, 0.3) is 49.3 Å². The van der Waals surface area contributed by atoms with Gasteiger partial charge in [-0.05, 0) is 382 Å². The number of aromatic nitrogens is 2. The van der Waals surface area contributed by atoms with Gasteiger partial charge in [0.25, 0.3) is 0 Å². The Bertz CT molecular complexity index is 7570. The maximum Gasteiger partial charge on any atom is 0.152 e. The van der Waals surface area contributed by atoms with Gasteiger partial charge in [0.1, 0.15) is 0 Å². The summed E-state index contributed by atoms with van der Waals surface area (Å²) in [6.45, 7) is 47.3. The number of anilines is 11. The SMILES string of the molecule is C#CC#CN1c2ccc(C)cc2Oc2cc(C)ccc21.CCCCCCc1ccc(N2c3ccc(C)cc3Oc3cc(C)ccc32)cc1.CCCCCCn1c2ccc(C)cc2c2cc(C)ccc21.CCCCc1ccc(N2c3ccc(C)cc3C(C)(C)c3cc(C)ccc32)cc1.CCc1ccc(N2c3ccc(C)cc3Sc3cc(C)ccc32)cc1.Cc1ccc2c(c1)c1cc(C)ccc1n2-c1ccc(C(C)(C)C)cc1.[HH].[HH].[HH]. The van der Waals surface area contributed by atoms with Crippen molar-refractivity contribution in [1.82, 2.24) is 9.13 Å². The molecule has 0 atom stereocenters. The van der Waals surface area contributed by atoms with E-state index in [2.05, 4.69) is 452 Å². The van der Waals surface area contributed by atoms with Crippen LogP contribution >= 0.6 is 11.8 Å². The van der Waals surface area contributed by atoms with Gasteiger partial charge in [0, 0.05) is 93.3 Å². The molecule has 16 aromatic carbocycles. The fourth-order valence-electron chi connectivity index (χ4n) is 20.6. The molecular weight excluding hydrogens is 1790 g/mol. The van der Waals surface area contributed by atoms with Crippen LogP contribution in [-0.2, 0) is 36.6 Å². The molecule has 18 aromatic rings. The van der Waals surface area contributed by atoms with Crippen LogP contribution in [0.2, 0.25) is 0 Å². The number of benzene rings is 16. The van der Waals surface area contributed by atoms with Gasteiger partial charge >= 0.3 is 0 Å². The first-order valence-corrected chi connectivity index (χ1v) is 53.7. The summed E-state index contributed by atoms with van der Waals surface area (Å²) >= 11 is 1.88. The molecule has 0 unspecified atom stereocenters. The Morgan fingerprint density at radius 1 is 0.308 bits per heavy atom. The van der Waals surface area contributed by atoms with Crippen molar-refractivity contribution in [3.05, 3.63) is 416 Å². The maximum absolute atomic E-state index is 6.25. The largest absolute Gasteiger partial charge is 0.453 e. The van der Waals surface area contributed by atoms with E-state index < -0.39 is 0 Å². The fraction of sp³-hybridized carbons (Fsp3) is 0.270. The molecule has 0 N–H and O–H groups in total. The average Bonchev–Trinajstić information content (AvgIpc) is 1.44. The van der Waals surface area contributed by atoms with Gasteiger partial charge in [-0.25, -0.2) is 0 Å². The van der Waals surface area contributed by atoms with Crippen LogP contribution in [0.1, 0.15) is 231 Å². The second kappa shape index (κ2) is 45.4. The monoisotopic (exact) mass is 1940 g/mol. The molecule has 746 valence electrons. The number of rotatable bonds is 18. The number of hydrogen-bond acceptors (Lipinski definition) is 7. The lowest BCUT2D eigenvalue weighted by atomic mass is 9.72. The summed E-state index contributed by atoms with van der Waals surface area (Å²) in [5.41, 5.74) is 43.1. The maximum atomic E-state index is 6.25. The van der Waals surface area contributed by atoms with E-state index in [-0.39, 0.29) is 15.1 Å². The van der Waals surface area contributed by atoms with Crippen molar-refractivity contribution >= 4 is 118 Å². The normalized spacial score (nSPS) is 12.5. The van der Waals surface area contributed by atoms with Gasteiger partial charge in [-0.15, -0.1) is 6.42 Å². The Kier molecular flexibility index (Phi) is 31.9. The van der Waals surface area contributed by atoms with Crippen molar-refractivity contribution in [2.75, 3.05) is 19.6 Å². The molecule has 0 radical (unpaired) electrons. The van der Waals surface area contributed by atoms with Gasteiger partial charge in [-0.1, -0.05) is 286 Å². The molecule has 0 bridgehead atoms. The molecule has 2 aromatic heterocycles. The predicted octanol–water partition coefficient (Wildman–Crippen LogP) is 40.1. The molecule has 0 aliphatic carbocycles. The highest BCUT2D eigenvalue weighted by atomic mass is 32.2. The summed E-state index contributed by atoms with van der Waals surface area (Å²) in [7, 11) is 0. The molecule has 146 heavy (non-hydrogen) atoms. The van der Waals surface area contributed by atoms with Crippen molar-refractivity contribution < 1.29 is 13.8 Å². The molecule has 0 saturated heterocycles. The highest BCUT2D eigenvalue weighted by Gasteiger charge is 2.38. The third kappa shape index (κ3) is 22.9. The lowest BCUT2D eigenvalue weighted by Gasteiger charge is -2.42. The summed E-state index contributed by atoms with van der Waals surface area (Å²) in [6, 6.07) is 119. The molecule has 4 aliphatic rings. The van der Waals surface area contributed by atoms with E-state index in [0.717, 1.165) is 82.7 Å². The second-order valence-electron chi connectivity index (χ2n) is 42.2. The smallest absolute Gasteiger partial charge is 0.152 e. The molecular formula is C137H150N6O2S. The third-order valence-electron chi connectivity index (χ3n) is 28.8. The summed E-state index contributed by atoms with van der Waals surface area (Å²) in [5, 5.41) is 5.48. The topological polar surface area (TPSA) is 41.3 Å². The molecule has 22 rings (SSSR count). The van der Waals surface area contributed by atoms with E-state index in [1.807, 2.05) is 66.9 Å². The molecule has 6 heterocycles. The first-order chi connectivity index (χ1) is 70.4. The minimum atomic E-state index is -0.0136. The van der Waals surface area contributed by atoms with E-state index in [0.29, 0.717) is 0 Å². The van der Waals surface area contributed by atoms with Crippen LogP contribution in [0.3, 0.4) is 0 Å². The number of hydrogen-bond donors (Lipinski definition) is 0. The van der Waals surface area contributed by atoms with Crippen molar-refractivity contribution in [2.45, 2.75) is 256 Å². The number of ether oxygens (including phenoxy) is 2. The lowest BCUT2D eigenvalue weighted by Crippen LogP contribution is -2.30. The summed E-state index contributed by atoms with van der Waals surface area (Å²) in [5.74, 6) is 8.47. The van der Waals surface area contributed by atoms with E-state index >= 15 is 0 Å². The first kappa shape index (κ1) is 103. The number of unbranched alkanes of at least 4 members (excludes halogenated alkanes) is 7. The molecule has 0 fully saturated rings. The van der Waals surface area contributed by atoms with Gasteiger partial charge < -0.3 is 33.3 Å². The Balaban J connectivity index is 0.000000141. The highest BCUT2D eigenvalue weighted by Crippen LogP contribution is 2.56. The minimum absolute atomic E-state index is 0. The van der Waals surface area contributed by atoms with Gasteiger partial charge in [-0.3, -0.25) is 4.90 Å². The number of nitrogens with zero attached hydrogens (tertiary/aromatic N) is 6. The summed E-state index contributed by atoms with van der Waals surface area (Å²) in [6.07, 6.45) is 21.6. The standard InChI is InChI=1S/C27H31N.C26H29NO.C24H25N.C22H21NS.C20H25N.C18H13NO.3H2/c1-6-7-8-21-11-13-22(14-12-21)28-25-15-9-19(2)17-23(25)27(4,5)24-18-20(3)10-16-26(24)28;1-4-5-6-7-8-21-11-13-22(14-12-21)27-23-15-9-19(2)17-25(23)28-26-18-20(3)10-16-24(26)27;1-16-6-12-22-20(14-16)21-15-17(2)7-13-23(21)25(22)19-10-8-18(9-11-19)24(3,4)5;1-4-17-7-9-18(10-8-17)23-19-11-5-15(2)13-21(19)24-22-14-16(3)6-12-20(22)23;1-4-5-6-7-12-21-19-10-8-15(2)13-17(19)18-14-16(3)9-11-20(18)21;1-4-5-10-19-15-8-6-13(2)11-17(15)20-18-12-14(3)7-9-16(18)19;;;/h9-18H,6-8H2,1-5H3;9-18H,4-8H2,1-3H3;6-15H,1-5H3;5-14H,4H2,1-3H3;8-11,13-14H,4-7,12H2,1-3H3;1,6-9,11-12H,2-3H3;3*1H. The van der Waals surface area contributed by atoms with Crippen molar-refractivity contribution in [3.63, 3.8) is 0 Å². The Morgan fingerprint density at radius 2 is 0.623 bits per heavy atom. The van der Waals surface area contributed by atoms with Crippen LogP contribution in [0.15, 0.2) is 325 Å². The van der Waals surface area contributed by atoms with Crippen molar-refractivity contribution in [3.8, 4) is 53.0 Å². The number of fused-ring (bicyclic) bond motifs is 14. The Hall–Kier alpha value is -14.6. The van der Waals surface area contributed by atoms with Crippen LogP contribution in [0, 0.1) is 107 Å². The third-order valence-corrected chi connectivity index (χ3v) is 29.9.